The molecule has 0 aliphatic carbocycles. The second-order valence-corrected chi connectivity index (χ2v) is 8.18. The van der Waals surface area contributed by atoms with Gasteiger partial charge < -0.3 is 9.84 Å². The zero-order chi connectivity index (χ0) is 19.0. The number of aromatic nitrogens is 2. The Labute approximate surface area is 161 Å². The summed E-state index contributed by atoms with van der Waals surface area (Å²) in [6.45, 7) is 6.28. The second kappa shape index (κ2) is 7.28. The minimum Gasteiger partial charge on any atom is -0.496 e. The molecular formula is C22H31N3O2. The Morgan fingerprint density at radius 2 is 1.93 bits per heavy atom. The Balaban J connectivity index is 1.54. The van der Waals surface area contributed by atoms with Crippen LogP contribution in [0.5, 0.6) is 5.75 Å². The van der Waals surface area contributed by atoms with Crippen molar-refractivity contribution >= 4 is 0 Å². The van der Waals surface area contributed by atoms with E-state index in [0.29, 0.717) is 12.1 Å². The summed E-state index contributed by atoms with van der Waals surface area (Å²) in [6.07, 6.45) is 6.99. The van der Waals surface area contributed by atoms with Crippen LogP contribution in [0.25, 0.3) is 0 Å². The fourth-order valence-electron chi connectivity index (χ4n) is 5.10. The van der Waals surface area contributed by atoms with Gasteiger partial charge in [0.15, 0.2) is 0 Å². The van der Waals surface area contributed by atoms with Crippen LogP contribution in [-0.2, 0) is 18.7 Å². The maximum atomic E-state index is 11.5. The van der Waals surface area contributed by atoms with Crippen LogP contribution in [0.1, 0.15) is 55.8 Å². The van der Waals surface area contributed by atoms with E-state index in [0.717, 1.165) is 56.5 Å². The highest BCUT2D eigenvalue weighted by atomic mass is 16.5. The highest BCUT2D eigenvalue weighted by molar-refractivity contribution is 5.39. The summed E-state index contributed by atoms with van der Waals surface area (Å²) in [5, 5.41) is 16.1. The summed E-state index contributed by atoms with van der Waals surface area (Å²) >= 11 is 0. The molecule has 1 aromatic heterocycles. The topological polar surface area (TPSA) is 50.5 Å². The minimum atomic E-state index is -0.795. The highest BCUT2D eigenvalue weighted by Gasteiger charge is 2.49. The largest absolute Gasteiger partial charge is 0.496 e. The molecule has 2 aromatic rings. The maximum Gasteiger partial charge on any atom is 0.124 e. The van der Waals surface area contributed by atoms with Gasteiger partial charge in [-0.05, 0) is 45.1 Å². The molecule has 4 rings (SSSR count). The molecule has 5 nitrogen and oxygen atoms in total. The van der Waals surface area contributed by atoms with Gasteiger partial charge in [-0.2, -0.15) is 5.10 Å². The lowest BCUT2D eigenvalue weighted by Gasteiger charge is -2.44. The zero-order valence-corrected chi connectivity index (χ0v) is 16.7. The molecule has 0 spiro atoms. The van der Waals surface area contributed by atoms with Gasteiger partial charge in [0.1, 0.15) is 5.75 Å². The van der Waals surface area contributed by atoms with Crippen LogP contribution < -0.4 is 4.74 Å². The predicted molar refractivity (Wildman–Crippen MR) is 106 cm³/mol. The van der Waals surface area contributed by atoms with Gasteiger partial charge in [-0.25, -0.2) is 0 Å². The molecule has 2 saturated heterocycles. The van der Waals surface area contributed by atoms with E-state index in [9.17, 15) is 5.11 Å². The van der Waals surface area contributed by atoms with Crippen LogP contribution >= 0.6 is 0 Å². The third-order valence-corrected chi connectivity index (χ3v) is 6.52. The van der Waals surface area contributed by atoms with Gasteiger partial charge in [0.2, 0.25) is 0 Å². The van der Waals surface area contributed by atoms with Crippen LogP contribution in [0.2, 0.25) is 0 Å². The third-order valence-electron chi connectivity index (χ3n) is 6.52. The van der Waals surface area contributed by atoms with Crippen molar-refractivity contribution in [3.8, 4) is 5.75 Å². The average molecular weight is 370 g/mol. The molecule has 5 heteroatoms. The fraction of sp³-hybridized carbons (Fsp3) is 0.591. The van der Waals surface area contributed by atoms with E-state index in [1.54, 1.807) is 7.11 Å². The lowest BCUT2D eigenvalue weighted by molar-refractivity contribution is -0.0607. The maximum absolute atomic E-state index is 11.5. The van der Waals surface area contributed by atoms with Crippen molar-refractivity contribution in [1.82, 2.24) is 14.7 Å². The summed E-state index contributed by atoms with van der Waals surface area (Å²) < 4.78 is 7.65. The Morgan fingerprint density at radius 1 is 1.22 bits per heavy atom. The van der Waals surface area contributed by atoms with Crippen LogP contribution in [0.15, 0.2) is 30.5 Å². The highest BCUT2D eigenvalue weighted by Crippen LogP contribution is 2.48. The van der Waals surface area contributed by atoms with Crippen molar-refractivity contribution in [3.05, 3.63) is 47.3 Å². The number of rotatable bonds is 6. The van der Waals surface area contributed by atoms with Crippen molar-refractivity contribution in [1.29, 1.82) is 0 Å². The number of hydrogen-bond donors (Lipinski definition) is 1. The van der Waals surface area contributed by atoms with E-state index in [-0.39, 0.29) is 0 Å². The number of hydrogen-bond acceptors (Lipinski definition) is 4. The molecule has 0 radical (unpaired) electrons. The normalized spacial score (nSPS) is 27.9. The summed E-state index contributed by atoms with van der Waals surface area (Å²) in [5.74, 6) is 0.796. The van der Waals surface area contributed by atoms with Gasteiger partial charge in [-0.15, -0.1) is 0 Å². The molecule has 1 aromatic carbocycles. The Hall–Kier alpha value is -1.85. The van der Waals surface area contributed by atoms with Crippen molar-refractivity contribution < 1.29 is 9.84 Å². The fourth-order valence-corrected chi connectivity index (χ4v) is 5.10. The Bertz CT molecular complexity index is 787. The molecule has 1 N–H and O–H groups in total. The van der Waals surface area contributed by atoms with Crippen LogP contribution in [-0.4, -0.2) is 39.0 Å². The second-order valence-electron chi connectivity index (χ2n) is 8.18. The first-order chi connectivity index (χ1) is 13.1. The van der Waals surface area contributed by atoms with E-state index < -0.39 is 5.60 Å². The number of piperidine rings is 1. The molecule has 1 unspecified atom stereocenters. The van der Waals surface area contributed by atoms with Crippen molar-refractivity contribution in [2.75, 3.05) is 7.11 Å². The van der Waals surface area contributed by atoms with Crippen LogP contribution in [0, 0.1) is 6.92 Å². The van der Waals surface area contributed by atoms with Gasteiger partial charge >= 0.3 is 0 Å². The molecular weight excluding hydrogens is 338 g/mol. The first kappa shape index (κ1) is 18.5. The summed E-state index contributed by atoms with van der Waals surface area (Å²) in [6, 6.07) is 8.75. The van der Waals surface area contributed by atoms with Crippen LogP contribution in [0.3, 0.4) is 0 Å². The van der Waals surface area contributed by atoms with E-state index in [1.807, 2.05) is 30.5 Å². The zero-order valence-electron chi connectivity index (χ0n) is 16.7. The molecule has 0 amide bonds. The summed E-state index contributed by atoms with van der Waals surface area (Å²) in [5.41, 5.74) is 2.75. The van der Waals surface area contributed by atoms with Crippen molar-refractivity contribution in [2.45, 2.75) is 76.7 Å². The predicted octanol–water partition coefficient (Wildman–Crippen LogP) is 3.62. The molecule has 2 aliphatic rings. The molecule has 27 heavy (non-hydrogen) atoms. The minimum absolute atomic E-state index is 0.410. The van der Waals surface area contributed by atoms with Crippen molar-refractivity contribution in [3.63, 3.8) is 0 Å². The van der Waals surface area contributed by atoms with E-state index in [1.165, 1.54) is 11.3 Å². The molecule has 2 aliphatic heterocycles. The number of methoxy groups -OCH3 is 1. The summed E-state index contributed by atoms with van der Waals surface area (Å²) in [7, 11) is 1.68. The Kier molecular flexibility index (Phi) is 4.99. The number of aliphatic hydroxyl groups is 1. The van der Waals surface area contributed by atoms with Gasteiger partial charge in [-0.3, -0.25) is 9.58 Å². The van der Waals surface area contributed by atoms with E-state index in [2.05, 4.69) is 28.5 Å². The van der Waals surface area contributed by atoms with E-state index >= 15 is 0 Å². The lowest BCUT2D eigenvalue weighted by atomic mass is 9.80. The van der Waals surface area contributed by atoms with Crippen molar-refractivity contribution in [2.24, 2.45) is 0 Å². The van der Waals surface area contributed by atoms with Gasteiger partial charge in [0.05, 0.1) is 18.9 Å². The Morgan fingerprint density at radius 3 is 2.59 bits per heavy atom. The number of ether oxygens (including phenoxy) is 1. The standard InChI is InChI=1S/C22H31N3O2/c1-4-11-25-16(2)17(14-23-25)15-24-18-9-10-19(24)13-22(26,12-18)20-7-5-6-8-21(20)27-3/h5-8,14,18-19,26H,4,9-13,15H2,1-3H3/t18-,19+,22?. The number of para-hydroxylation sites is 1. The number of fused-ring (bicyclic) bond motifs is 2. The molecule has 146 valence electrons. The average Bonchev–Trinajstić information content (AvgIpc) is 3.13. The van der Waals surface area contributed by atoms with Gasteiger partial charge in [0, 0.05) is 42.0 Å². The van der Waals surface area contributed by atoms with E-state index in [4.69, 9.17) is 4.74 Å². The van der Waals surface area contributed by atoms with Gasteiger partial charge in [-0.1, -0.05) is 25.1 Å². The quantitative estimate of drug-likeness (QED) is 0.845. The van der Waals surface area contributed by atoms with Crippen LogP contribution in [0.4, 0.5) is 0 Å². The molecule has 3 heterocycles. The molecule has 3 atom stereocenters. The SMILES string of the molecule is CCCn1ncc(CN2[C@@H]3CC[C@H]2CC(O)(c2ccccc2OC)C3)c1C. The number of benzene rings is 1. The first-order valence-corrected chi connectivity index (χ1v) is 10.2. The smallest absolute Gasteiger partial charge is 0.124 e. The lowest BCUT2D eigenvalue weighted by Crippen LogP contribution is -2.49. The molecule has 0 saturated carbocycles. The van der Waals surface area contributed by atoms with Gasteiger partial charge in [0.25, 0.3) is 0 Å². The molecule has 2 fully saturated rings. The monoisotopic (exact) mass is 369 g/mol. The first-order valence-electron chi connectivity index (χ1n) is 10.2. The number of nitrogens with zero attached hydrogens (tertiary/aromatic N) is 3. The summed E-state index contributed by atoms with van der Waals surface area (Å²) in [4.78, 5) is 2.60. The molecule has 2 bridgehead atoms. The third kappa shape index (κ3) is 3.27. The number of aryl methyl sites for hydroxylation is 1.